The number of carbonyl (C=O) groups is 2. The second-order valence-electron chi connectivity index (χ2n) is 5.88. The van der Waals surface area contributed by atoms with Gasteiger partial charge in [0.2, 0.25) is 5.78 Å². The first-order valence-corrected chi connectivity index (χ1v) is 10.2. The van der Waals surface area contributed by atoms with E-state index < -0.39 is 12.1 Å². The van der Waals surface area contributed by atoms with Crippen LogP contribution in [0.1, 0.15) is 35.5 Å². The second-order valence-corrected chi connectivity index (χ2v) is 7.52. The Kier molecular flexibility index (Phi) is 5.96. The fourth-order valence-corrected chi connectivity index (χ4v) is 4.02. The summed E-state index contributed by atoms with van der Waals surface area (Å²) in [6, 6.07) is 9.39. The molecule has 4 nitrogen and oxygen atoms in total. The number of esters is 1. The molecule has 0 radical (unpaired) electrons. The third kappa shape index (κ3) is 4.45. The summed E-state index contributed by atoms with van der Waals surface area (Å²) in [4.78, 5) is 29.0. The molecular formula is C20H19NO3S2. The molecule has 0 bridgehead atoms. The summed E-state index contributed by atoms with van der Waals surface area (Å²) in [5.41, 5.74) is 3.43. The minimum Gasteiger partial charge on any atom is -0.454 e. The van der Waals surface area contributed by atoms with Crippen molar-refractivity contribution >= 4 is 34.4 Å². The van der Waals surface area contributed by atoms with Crippen LogP contribution in [0.5, 0.6) is 0 Å². The summed E-state index contributed by atoms with van der Waals surface area (Å²) in [6.07, 6.45) is 0.164. The number of aromatic nitrogens is 1. The smallest absolute Gasteiger partial charge is 0.312 e. The maximum absolute atomic E-state index is 12.4. The van der Waals surface area contributed by atoms with Crippen LogP contribution in [0.4, 0.5) is 0 Å². The Balaban J connectivity index is 1.57. The molecule has 2 heterocycles. The predicted octanol–water partition coefficient (Wildman–Crippen LogP) is 4.79. The van der Waals surface area contributed by atoms with Crippen molar-refractivity contribution in [1.82, 2.24) is 4.98 Å². The van der Waals surface area contributed by atoms with Crippen LogP contribution < -0.4 is 0 Å². The third-order valence-electron chi connectivity index (χ3n) is 3.97. The molecule has 0 N–H and O–H groups in total. The zero-order valence-corrected chi connectivity index (χ0v) is 16.2. The lowest BCUT2D eigenvalue weighted by Crippen LogP contribution is -2.25. The molecule has 0 saturated carbocycles. The quantitative estimate of drug-likeness (QED) is 0.433. The number of carbonyl (C=O) groups excluding carboxylic acids is 2. The summed E-state index contributed by atoms with van der Waals surface area (Å²) >= 11 is 3.10. The van der Waals surface area contributed by atoms with Crippen molar-refractivity contribution in [1.29, 1.82) is 0 Å². The fourth-order valence-electron chi connectivity index (χ4n) is 2.49. The van der Waals surface area contributed by atoms with Gasteiger partial charge in [-0.2, -0.15) is 11.3 Å². The molecule has 0 aliphatic rings. The van der Waals surface area contributed by atoms with E-state index >= 15 is 0 Å². The number of nitrogens with zero attached hydrogens (tertiary/aromatic N) is 1. The highest BCUT2D eigenvalue weighted by Gasteiger charge is 2.20. The number of ether oxygens (including phenoxy) is 1. The van der Waals surface area contributed by atoms with E-state index in [0.717, 1.165) is 22.6 Å². The molecule has 1 atom stereocenters. The Morgan fingerprint density at radius 3 is 2.58 bits per heavy atom. The molecule has 0 aliphatic carbocycles. The molecule has 0 unspecified atom stereocenters. The maximum Gasteiger partial charge on any atom is 0.312 e. The summed E-state index contributed by atoms with van der Waals surface area (Å²) in [7, 11) is 0. The molecule has 134 valence electrons. The Hall–Kier alpha value is -2.31. The normalized spacial score (nSPS) is 11.9. The van der Waals surface area contributed by atoms with E-state index in [2.05, 4.69) is 11.9 Å². The molecule has 2 aromatic heterocycles. The van der Waals surface area contributed by atoms with Gasteiger partial charge in [0.15, 0.2) is 6.10 Å². The molecule has 6 heteroatoms. The van der Waals surface area contributed by atoms with Crippen molar-refractivity contribution in [3.05, 3.63) is 63.3 Å². The van der Waals surface area contributed by atoms with Gasteiger partial charge in [-0.25, -0.2) is 4.98 Å². The van der Waals surface area contributed by atoms with E-state index in [9.17, 15) is 9.59 Å². The van der Waals surface area contributed by atoms with Crippen molar-refractivity contribution in [2.45, 2.75) is 32.8 Å². The number of hydrogen-bond donors (Lipinski definition) is 0. The van der Waals surface area contributed by atoms with Crippen molar-refractivity contribution in [2.75, 3.05) is 0 Å². The van der Waals surface area contributed by atoms with Crippen LogP contribution >= 0.6 is 22.7 Å². The van der Waals surface area contributed by atoms with Gasteiger partial charge in [-0.05, 0) is 30.4 Å². The standard InChI is InChI=1S/C20H19NO3S2/c1-3-14-4-6-15(7-5-14)19(23)13(2)24-18(22)10-17-12-26-20(21-17)16-8-9-25-11-16/h4-9,11-13H,3,10H2,1-2H3/t13-/m0/s1. The van der Waals surface area contributed by atoms with Gasteiger partial charge in [-0.15, -0.1) is 11.3 Å². The van der Waals surface area contributed by atoms with E-state index in [1.165, 1.54) is 11.3 Å². The van der Waals surface area contributed by atoms with E-state index in [4.69, 9.17) is 4.74 Å². The van der Waals surface area contributed by atoms with Crippen LogP contribution in [-0.4, -0.2) is 22.8 Å². The average Bonchev–Trinajstić information content (AvgIpc) is 3.32. The van der Waals surface area contributed by atoms with Crippen LogP contribution in [0.2, 0.25) is 0 Å². The maximum atomic E-state index is 12.4. The SMILES string of the molecule is CCc1ccc(C(=O)[C@H](C)OC(=O)Cc2csc(-c3ccsc3)n2)cc1. The van der Waals surface area contributed by atoms with E-state index in [-0.39, 0.29) is 12.2 Å². The van der Waals surface area contributed by atoms with Crippen molar-refractivity contribution in [3.8, 4) is 10.6 Å². The number of benzene rings is 1. The van der Waals surface area contributed by atoms with Crippen molar-refractivity contribution < 1.29 is 14.3 Å². The molecular weight excluding hydrogens is 366 g/mol. The Morgan fingerprint density at radius 1 is 1.15 bits per heavy atom. The first-order valence-electron chi connectivity index (χ1n) is 8.36. The molecule has 0 saturated heterocycles. The Bertz CT molecular complexity index is 882. The van der Waals surface area contributed by atoms with Gasteiger partial charge in [0.1, 0.15) is 5.01 Å². The van der Waals surface area contributed by atoms with Gasteiger partial charge in [0.25, 0.3) is 0 Å². The highest BCUT2D eigenvalue weighted by atomic mass is 32.1. The molecule has 1 aromatic carbocycles. The number of rotatable bonds is 7. The summed E-state index contributed by atoms with van der Waals surface area (Å²) in [5, 5.41) is 6.75. The monoisotopic (exact) mass is 385 g/mol. The lowest BCUT2D eigenvalue weighted by atomic mass is 10.0. The summed E-state index contributed by atoms with van der Waals surface area (Å²) in [6.45, 7) is 3.66. The minimum atomic E-state index is -0.815. The second kappa shape index (κ2) is 8.38. The molecule has 3 aromatic rings. The number of thiazole rings is 1. The zero-order chi connectivity index (χ0) is 18.5. The Morgan fingerprint density at radius 2 is 1.92 bits per heavy atom. The van der Waals surface area contributed by atoms with Gasteiger partial charge in [0, 0.05) is 21.9 Å². The predicted molar refractivity (Wildman–Crippen MR) is 105 cm³/mol. The minimum absolute atomic E-state index is 0.0625. The average molecular weight is 386 g/mol. The number of thiophene rings is 1. The lowest BCUT2D eigenvalue weighted by molar-refractivity contribution is -0.145. The molecule has 3 rings (SSSR count). The molecule has 0 spiro atoms. The largest absolute Gasteiger partial charge is 0.454 e. The van der Waals surface area contributed by atoms with Crippen LogP contribution in [0, 0.1) is 0 Å². The fraction of sp³-hybridized carbons (Fsp3) is 0.250. The van der Waals surface area contributed by atoms with E-state index in [0.29, 0.717) is 11.3 Å². The van der Waals surface area contributed by atoms with Gasteiger partial charge in [-0.3, -0.25) is 9.59 Å². The number of hydrogen-bond acceptors (Lipinski definition) is 6. The topological polar surface area (TPSA) is 56.3 Å². The van der Waals surface area contributed by atoms with Gasteiger partial charge >= 0.3 is 5.97 Å². The number of Topliss-reactive ketones (excluding diaryl/α,β-unsaturated/α-hetero) is 1. The highest BCUT2D eigenvalue weighted by molar-refractivity contribution is 7.14. The first-order chi connectivity index (χ1) is 12.6. The zero-order valence-electron chi connectivity index (χ0n) is 14.6. The van der Waals surface area contributed by atoms with Gasteiger partial charge < -0.3 is 4.74 Å². The van der Waals surface area contributed by atoms with Crippen LogP contribution in [0.25, 0.3) is 10.6 Å². The first kappa shape index (κ1) is 18.5. The molecule has 26 heavy (non-hydrogen) atoms. The van der Waals surface area contributed by atoms with Gasteiger partial charge in [0.05, 0.1) is 12.1 Å². The molecule has 0 aliphatic heterocycles. The van der Waals surface area contributed by atoms with Crippen LogP contribution in [0.15, 0.2) is 46.5 Å². The lowest BCUT2D eigenvalue weighted by Gasteiger charge is -2.12. The van der Waals surface area contributed by atoms with Crippen LogP contribution in [-0.2, 0) is 22.4 Å². The van der Waals surface area contributed by atoms with Crippen molar-refractivity contribution in [2.24, 2.45) is 0 Å². The van der Waals surface area contributed by atoms with Crippen LogP contribution in [0.3, 0.4) is 0 Å². The third-order valence-corrected chi connectivity index (χ3v) is 5.59. The van der Waals surface area contributed by atoms with E-state index in [1.807, 2.05) is 34.3 Å². The van der Waals surface area contributed by atoms with Crippen molar-refractivity contribution in [3.63, 3.8) is 0 Å². The molecule has 0 amide bonds. The summed E-state index contributed by atoms with van der Waals surface area (Å²) < 4.78 is 5.31. The summed E-state index contributed by atoms with van der Waals surface area (Å²) in [5.74, 6) is -0.642. The van der Waals surface area contributed by atoms with Gasteiger partial charge in [-0.1, -0.05) is 31.2 Å². The van der Waals surface area contributed by atoms with E-state index in [1.54, 1.807) is 30.4 Å². The molecule has 0 fully saturated rings. The Labute approximate surface area is 160 Å². The number of aryl methyl sites for hydroxylation is 1. The number of ketones is 1. The highest BCUT2D eigenvalue weighted by Crippen LogP contribution is 2.26.